The van der Waals surface area contributed by atoms with Crippen LogP contribution < -0.4 is 11.4 Å². The van der Waals surface area contributed by atoms with Gasteiger partial charge in [-0.15, -0.1) is 0 Å². The average Bonchev–Trinajstić information content (AvgIpc) is 3.90. The molecule has 0 bridgehead atoms. The number of benzene rings is 3. The van der Waals surface area contributed by atoms with Crippen LogP contribution in [0.25, 0.3) is 39.0 Å². The molecule has 0 radical (unpaired) electrons. The fourth-order valence-electron chi connectivity index (χ4n) is 9.94. The number of aromatic amines is 1. The lowest BCUT2D eigenvalue weighted by Gasteiger charge is -2.29. The van der Waals surface area contributed by atoms with Crippen molar-refractivity contribution in [2.24, 2.45) is 13.0 Å². The molecule has 2 atom stereocenters. The zero-order chi connectivity index (χ0) is 42.8. The number of aryl methyl sites for hydroxylation is 3. The summed E-state index contributed by atoms with van der Waals surface area (Å²) >= 11 is 0. The van der Waals surface area contributed by atoms with Gasteiger partial charge in [0.2, 0.25) is 0 Å². The molecule has 1 saturated carbocycles. The van der Waals surface area contributed by atoms with Gasteiger partial charge >= 0.3 is 11.4 Å². The van der Waals surface area contributed by atoms with Crippen molar-refractivity contribution in [1.82, 2.24) is 48.3 Å². The largest absolute Gasteiger partial charge is 0.438 e. The summed E-state index contributed by atoms with van der Waals surface area (Å²) in [6.07, 6.45) is 7.26. The van der Waals surface area contributed by atoms with Crippen LogP contribution in [0.2, 0.25) is 0 Å². The number of nitrogens with one attached hydrogen (secondary N) is 1. The van der Waals surface area contributed by atoms with E-state index >= 15 is 13.6 Å². The molecule has 1 aliphatic carbocycles. The van der Waals surface area contributed by atoms with Gasteiger partial charge < -0.3 is 14.2 Å². The third kappa shape index (κ3) is 5.63. The monoisotopic (exact) mass is 840 g/mol. The summed E-state index contributed by atoms with van der Waals surface area (Å²) in [5.74, 6) is -0.826. The molecule has 3 aliphatic rings. The lowest BCUT2D eigenvalue weighted by molar-refractivity contribution is 0.0721. The molecule has 0 spiro atoms. The summed E-state index contributed by atoms with van der Waals surface area (Å²) in [7, 11) is 1.72. The number of hydrogen-bond acceptors (Lipinski definition) is 8. The summed E-state index contributed by atoms with van der Waals surface area (Å²) in [5.41, 5.74) is 4.25. The predicted molar refractivity (Wildman–Crippen MR) is 223 cm³/mol. The molecular formula is C45H42F2N10O5. The SMILES string of the molecule is Cc1cc(-n2nc3c(c2-n2ccn(-c4ccc5c(cnn5C)c4F)c2=O)CN(C(=O)c2cc4cc(C5CCOCC5)ccc4n2[C@@]2(c4noc(=O)[nH]4)C[C@@H]2C)CC3)cc(C)c1F. The maximum absolute atomic E-state index is 16.0. The normalized spacial score (nSPS) is 19.2. The number of carbonyl (C=O) groups excluding carboxylic acids is 1. The van der Waals surface area contributed by atoms with E-state index in [9.17, 15) is 9.59 Å². The lowest BCUT2D eigenvalue weighted by atomic mass is 9.91. The Morgan fingerprint density at radius 2 is 1.69 bits per heavy atom. The van der Waals surface area contributed by atoms with Crippen molar-refractivity contribution >= 4 is 27.7 Å². The Morgan fingerprint density at radius 3 is 2.42 bits per heavy atom. The second-order valence-electron chi connectivity index (χ2n) is 17.0. The zero-order valence-corrected chi connectivity index (χ0v) is 34.5. The zero-order valence-electron chi connectivity index (χ0n) is 34.5. The van der Waals surface area contributed by atoms with Crippen LogP contribution in [0.3, 0.4) is 0 Å². The van der Waals surface area contributed by atoms with E-state index in [0.29, 0.717) is 89.4 Å². The second kappa shape index (κ2) is 13.8. The van der Waals surface area contributed by atoms with Crippen molar-refractivity contribution in [3.63, 3.8) is 0 Å². The van der Waals surface area contributed by atoms with E-state index in [1.807, 2.05) is 10.6 Å². The molecule has 1 amide bonds. The third-order valence-corrected chi connectivity index (χ3v) is 13.3. The first kappa shape index (κ1) is 38.1. The summed E-state index contributed by atoms with van der Waals surface area (Å²) in [5, 5.41) is 14.5. The molecule has 0 unspecified atom stereocenters. The van der Waals surface area contributed by atoms with E-state index in [2.05, 4.69) is 40.4 Å². The van der Waals surface area contributed by atoms with Crippen molar-refractivity contribution in [2.75, 3.05) is 19.8 Å². The van der Waals surface area contributed by atoms with Crippen molar-refractivity contribution in [3.8, 4) is 17.2 Å². The van der Waals surface area contributed by atoms with E-state index < -0.39 is 22.8 Å². The Balaban J connectivity index is 1.04. The van der Waals surface area contributed by atoms with Crippen LogP contribution in [-0.4, -0.2) is 74.0 Å². The number of imidazole rings is 1. The molecule has 1 N–H and O–H groups in total. The van der Waals surface area contributed by atoms with Gasteiger partial charge in [0.25, 0.3) is 5.91 Å². The molecule has 2 fully saturated rings. The van der Waals surface area contributed by atoms with Gasteiger partial charge in [-0.05, 0) is 104 Å². The van der Waals surface area contributed by atoms with Crippen molar-refractivity contribution in [1.29, 1.82) is 0 Å². The quantitative estimate of drug-likeness (QED) is 0.202. The average molecular weight is 841 g/mol. The van der Waals surface area contributed by atoms with Crippen molar-refractivity contribution in [3.05, 3.63) is 139 Å². The minimum absolute atomic E-state index is 0.0144. The minimum Gasteiger partial charge on any atom is -0.381 e. The third-order valence-electron chi connectivity index (χ3n) is 13.3. The van der Waals surface area contributed by atoms with Gasteiger partial charge in [0.1, 0.15) is 22.9 Å². The summed E-state index contributed by atoms with van der Waals surface area (Å²) < 4.78 is 49.5. The molecule has 1 saturated heterocycles. The van der Waals surface area contributed by atoms with Crippen LogP contribution >= 0.6 is 0 Å². The van der Waals surface area contributed by atoms with Crippen LogP contribution in [0, 0.1) is 31.4 Å². The lowest BCUT2D eigenvalue weighted by Crippen LogP contribution is -2.39. The Morgan fingerprint density at radius 1 is 0.952 bits per heavy atom. The molecule has 17 heteroatoms. The molecule has 5 aromatic heterocycles. The van der Waals surface area contributed by atoms with Gasteiger partial charge in [0.05, 0.1) is 40.7 Å². The summed E-state index contributed by atoms with van der Waals surface area (Å²) in [6, 6.07) is 14.8. The molecule has 3 aromatic carbocycles. The summed E-state index contributed by atoms with van der Waals surface area (Å²) in [6.45, 7) is 7.17. The number of rotatable bonds is 7. The number of ether oxygens (including phenoxy) is 1. The second-order valence-corrected chi connectivity index (χ2v) is 17.0. The standard InChI is InChI=1S/C45H42F2N10O5/c1-24-17-30(18-25(2)38(24)46)57-40(55-14-13-54(44(55)60)36-8-7-35-31(39(36)47)22-48-52(35)4)32-23-53(12-9-33(32)50-57)41(58)37-20-29-19-28(27-10-15-61-16-11-27)5-6-34(29)56(37)45(21-26(45)3)42-49-43(59)62-51-42/h5-8,13-14,17-20,22,26-27H,9-12,15-16,21,23H2,1-4H3,(H,49,51,59)/t26-,45-/m0/s1. The van der Waals surface area contributed by atoms with E-state index in [4.69, 9.17) is 14.4 Å². The molecule has 11 rings (SSSR count). The first-order valence-corrected chi connectivity index (χ1v) is 20.8. The summed E-state index contributed by atoms with van der Waals surface area (Å²) in [4.78, 5) is 46.6. The molecule has 62 heavy (non-hydrogen) atoms. The number of H-pyrrole nitrogens is 1. The highest BCUT2D eigenvalue weighted by atomic mass is 19.1. The van der Waals surface area contributed by atoms with E-state index in [1.54, 1.807) is 65.6 Å². The fourth-order valence-corrected chi connectivity index (χ4v) is 9.94. The Kier molecular flexibility index (Phi) is 8.49. The molecule has 8 aromatic rings. The first-order chi connectivity index (χ1) is 29.9. The van der Waals surface area contributed by atoms with E-state index in [0.717, 1.165) is 23.7 Å². The number of carbonyl (C=O) groups is 1. The van der Waals surface area contributed by atoms with Crippen LogP contribution in [0.4, 0.5) is 8.78 Å². The Bertz CT molecular complexity index is 3240. The number of halogens is 2. The van der Waals surface area contributed by atoms with Gasteiger partial charge in [-0.2, -0.15) is 10.2 Å². The Hall–Kier alpha value is -6.88. The molecule has 15 nitrogen and oxygen atoms in total. The fraction of sp³-hybridized carbons (Fsp3) is 0.333. The molecule has 7 heterocycles. The smallest absolute Gasteiger partial charge is 0.381 e. The maximum atomic E-state index is 16.0. The van der Waals surface area contributed by atoms with E-state index in [1.165, 1.54) is 27.1 Å². The minimum atomic E-state index is -0.835. The number of fused-ring (bicyclic) bond motifs is 3. The van der Waals surface area contributed by atoms with Gasteiger partial charge in [-0.25, -0.2) is 23.1 Å². The van der Waals surface area contributed by atoms with Crippen LogP contribution in [0.5, 0.6) is 0 Å². The number of amides is 1. The highest BCUT2D eigenvalue weighted by molar-refractivity contribution is 5.99. The molecule has 316 valence electrons. The molecule has 2 aliphatic heterocycles. The van der Waals surface area contributed by atoms with Crippen LogP contribution in [0.1, 0.15) is 76.4 Å². The van der Waals surface area contributed by atoms with Gasteiger partial charge in [-0.1, -0.05) is 18.1 Å². The van der Waals surface area contributed by atoms with Gasteiger partial charge in [0.15, 0.2) is 11.6 Å². The first-order valence-electron chi connectivity index (χ1n) is 20.8. The topological polar surface area (TPSA) is 156 Å². The Labute approximate surface area is 351 Å². The highest BCUT2D eigenvalue weighted by Gasteiger charge is 2.59. The maximum Gasteiger partial charge on any atom is 0.438 e. The number of nitrogens with zero attached hydrogens (tertiary/aromatic N) is 9. The predicted octanol–water partition coefficient (Wildman–Crippen LogP) is 6.10. The number of aromatic nitrogens is 9. The van der Waals surface area contributed by atoms with Crippen molar-refractivity contribution in [2.45, 2.75) is 64.5 Å². The van der Waals surface area contributed by atoms with Crippen LogP contribution in [-0.2, 0) is 30.3 Å². The van der Waals surface area contributed by atoms with Gasteiger partial charge in [-0.3, -0.25) is 28.1 Å². The van der Waals surface area contributed by atoms with E-state index in [-0.39, 0.29) is 35.3 Å². The number of hydrogen-bond donors (Lipinski definition) is 1. The highest BCUT2D eigenvalue weighted by Crippen LogP contribution is 2.56. The van der Waals surface area contributed by atoms with Crippen molar-refractivity contribution < 1.29 is 22.8 Å². The molecular weight excluding hydrogens is 799 g/mol. The van der Waals surface area contributed by atoms with Gasteiger partial charge in [0, 0.05) is 62.1 Å². The van der Waals surface area contributed by atoms with Crippen LogP contribution in [0.15, 0.2) is 81.2 Å².